The van der Waals surface area contributed by atoms with E-state index in [-0.39, 0.29) is 18.7 Å². The van der Waals surface area contributed by atoms with Crippen molar-refractivity contribution < 1.29 is 24.5 Å². The van der Waals surface area contributed by atoms with Crippen LogP contribution in [0.3, 0.4) is 0 Å². The van der Waals surface area contributed by atoms with Crippen molar-refractivity contribution in [2.45, 2.75) is 45.4 Å². The van der Waals surface area contributed by atoms with E-state index < -0.39 is 23.7 Å². The molecule has 0 aromatic heterocycles. The molecule has 114 valence electrons. The van der Waals surface area contributed by atoms with Crippen molar-refractivity contribution in [3.8, 4) is 5.75 Å². The summed E-state index contributed by atoms with van der Waals surface area (Å²) in [6.45, 7) is 5.18. The Kier molecular flexibility index (Phi) is 3.80. The van der Waals surface area contributed by atoms with Crippen LogP contribution in [0.25, 0.3) is 0 Å². The van der Waals surface area contributed by atoms with Gasteiger partial charge in [-0.25, -0.2) is 9.59 Å². The number of amides is 1. The third kappa shape index (κ3) is 3.26. The Hall–Kier alpha value is -2.24. The number of benzene rings is 1. The molecule has 21 heavy (non-hydrogen) atoms. The van der Waals surface area contributed by atoms with Crippen LogP contribution in [-0.2, 0) is 22.5 Å². The summed E-state index contributed by atoms with van der Waals surface area (Å²) in [6, 6.07) is 3.95. The quantitative estimate of drug-likeness (QED) is 0.828. The summed E-state index contributed by atoms with van der Waals surface area (Å²) >= 11 is 0. The fourth-order valence-corrected chi connectivity index (χ4v) is 2.33. The molecule has 6 heteroatoms. The number of aliphatic carboxylic acids is 1. The molecule has 1 amide bonds. The maximum Gasteiger partial charge on any atom is 0.411 e. The normalized spacial score (nSPS) is 18.0. The third-order valence-electron chi connectivity index (χ3n) is 3.28. The predicted molar refractivity (Wildman–Crippen MR) is 75.0 cm³/mol. The molecule has 1 aliphatic heterocycles. The molecule has 0 aliphatic carbocycles. The van der Waals surface area contributed by atoms with Crippen LogP contribution in [0.4, 0.5) is 4.79 Å². The largest absolute Gasteiger partial charge is 0.508 e. The fourth-order valence-electron chi connectivity index (χ4n) is 2.33. The number of carbonyl (C=O) groups excluding carboxylic acids is 1. The number of carboxylic acid groups (broad SMARTS) is 1. The first-order valence-corrected chi connectivity index (χ1v) is 6.71. The van der Waals surface area contributed by atoms with Crippen LogP contribution in [0.15, 0.2) is 18.2 Å². The van der Waals surface area contributed by atoms with Gasteiger partial charge in [0.25, 0.3) is 0 Å². The molecule has 1 unspecified atom stereocenters. The maximum absolute atomic E-state index is 12.2. The average molecular weight is 293 g/mol. The smallest absolute Gasteiger partial charge is 0.411 e. The minimum Gasteiger partial charge on any atom is -0.508 e. The summed E-state index contributed by atoms with van der Waals surface area (Å²) in [5.41, 5.74) is 0.599. The topological polar surface area (TPSA) is 87.1 Å². The number of fused-ring (bicyclic) bond motifs is 1. The second-order valence-corrected chi connectivity index (χ2v) is 6.08. The van der Waals surface area contributed by atoms with Crippen molar-refractivity contribution in [1.82, 2.24) is 4.90 Å². The Morgan fingerprint density at radius 2 is 2.00 bits per heavy atom. The summed E-state index contributed by atoms with van der Waals surface area (Å²) in [6.07, 6.45) is -0.540. The first-order chi connectivity index (χ1) is 9.69. The lowest BCUT2D eigenvalue weighted by Crippen LogP contribution is -2.50. The molecule has 1 aromatic rings. The molecule has 6 nitrogen and oxygen atoms in total. The number of carbonyl (C=O) groups is 2. The summed E-state index contributed by atoms with van der Waals surface area (Å²) in [4.78, 5) is 24.8. The van der Waals surface area contributed by atoms with Crippen LogP contribution in [0.2, 0.25) is 0 Å². The van der Waals surface area contributed by atoms with Gasteiger partial charge in [-0.2, -0.15) is 0 Å². The van der Waals surface area contributed by atoms with E-state index in [1.807, 2.05) is 0 Å². The molecule has 0 radical (unpaired) electrons. The van der Waals surface area contributed by atoms with E-state index in [0.29, 0.717) is 5.56 Å². The Labute approximate surface area is 122 Å². The van der Waals surface area contributed by atoms with Gasteiger partial charge in [0.1, 0.15) is 17.4 Å². The van der Waals surface area contributed by atoms with Gasteiger partial charge in [0.2, 0.25) is 0 Å². The average Bonchev–Trinajstić information content (AvgIpc) is 2.35. The minimum absolute atomic E-state index is 0.0217. The SMILES string of the molecule is CC(C)(C)OC(=O)N1Cc2c(O)cccc2CC1C(=O)O. The lowest BCUT2D eigenvalue weighted by molar-refractivity contribution is -0.143. The monoisotopic (exact) mass is 293 g/mol. The first kappa shape index (κ1) is 15.2. The van der Waals surface area contributed by atoms with Crippen molar-refractivity contribution in [1.29, 1.82) is 0 Å². The Balaban J connectivity index is 2.33. The molecule has 1 heterocycles. The van der Waals surface area contributed by atoms with Crippen LogP contribution in [0.5, 0.6) is 5.75 Å². The summed E-state index contributed by atoms with van der Waals surface area (Å²) in [5.74, 6) is -1.03. The molecule has 1 atom stereocenters. The highest BCUT2D eigenvalue weighted by Gasteiger charge is 2.37. The molecule has 0 spiro atoms. The first-order valence-electron chi connectivity index (χ1n) is 6.71. The van der Waals surface area contributed by atoms with E-state index in [1.165, 1.54) is 6.07 Å². The minimum atomic E-state index is -1.09. The molecule has 1 aliphatic rings. The van der Waals surface area contributed by atoms with Crippen molar-refractivity contribution >= 4 is 12.1 Å². The Bertz CT molecular complexity index is 576. The van der Waals surface area contributed by atoms with Gasteiger partial charge in [-0.05, 0) is 32.4 Å². The number of hydrogen-bond acceptors (Lipinski definition) is 4. The van der Waals surface area contributed by atoms with Crippen LogP contribution in [0, 0.1) is 0 Å². The highest BCUT2D eigenvalue weighted by atomic mass is 16.6. The predicted octanol–water partition coefficient (Wildman–Crippen LogP) is 2.14. The van der Waals surface area contributed by atoms with Gasteiger partial charge in [0.05, 0.1) is 6.54 Å². The van der Waals surface area contributed by atoms with E-state index in [9.17, 15) is 19.8 Å². The van der Waals surface area contributed by atoms with E-state index in [1.54, 1.807) is 32.9 Å². The zero-order valence-corrected chi connectivity index (χ0v) is 12.3. The molecule has 0 bridgehead atoms. The lowest BCUT2D eigenvalue weighted by Gasteiger charge is -2.35. The fraction of sp³-hybridized carbons (Fsp3) is 0.467. The summed E-state index contributed by atoms with van der Waals surface area (Å²) in [5, 5.41) is 19.2. The lowest BCUT2D eigenvalue weighted by atomic mass is 9.93. The number of ether oxygens (including phenoxy) is 1. The molecule has 2 N–H and O–H groups in total. The van der Waals surface area contributed by atoms with Crippen LogP contribution in [-0.4, -0.2) is 38.8 Å². The second kappa shape index (κ2) is 5.27. The van der Waals surface area contributed by atoms with Crippen molar-refractivity contribution in [2.24, 2.45) is 0 Å². The van der Waals surface area contributed by atoms with Crippen molar-refractivity contribution in [3.63, 3.8) is 0 Å². The second-order valence-electron chi connectivity index (χ2n) is 6.08. The van der Waals surface area contributed by atoms with Crippen LogP contribution < -0.4 is 0 Å². The van der Waals surface area contributed by atoms with Gasteiger partial charge < -0.3 is 14.9 Å². The standard InChI is InChI=1S/C15H19NO5/c1-15(2,3)21-14(20)16-8-10-9(5-4-6-12(10)17)7-11(16)13(18)19/h4-6,11,17H,7-8H2,1-3H3,(H,18,19). The van der Waals surface area contributed by atoms with Gasteiger partial charge in [0, 0.05) is 12.0 Å². The summed E-state index contributed by atoms with van der Waals surface area (Å²) < 4.78 is 5.25. The number of phenolic OH excluding ortho intramolecular Hbond substituents is 1. The number of carboxylic acids is 1. The van der Waals surface area contributed by atoms with E-state index in [4.69, 9.17) is 4.74 Å². The number of aromatic hydroxyl groups is 1. The highest BCUT2D eigenvalue weighted by molar-refractivity contribution is 5.81. The molecule has 0 saturated carbocycles. The van der Waals surface area contributed by atoms with Gasteiger partial charge in [0.15, 0.2) is 0 Å². The highest BCUT2D eigenvalue weighted by Crippen LogP contribution is 2.31. The van der Waals surface area contributed by atoms with Crippen LogP contribution >= 0.6 is 0 Å². The zero-order chi connectivity index (χ0) is 15.8. The van der Waals surface area contributed by atoms with E-state index >= 15 is 0 Å². The van der Waals surface area contributed by atoms with Gasteiger partial charge in [-0.3, -0.25) is 4.90 Å². The zero-order valence-electron chi connectivity index (χ0n) is 12.3. The van der Waals surface area contributed by atoms with Crippen LogP contribution in [0.1, 0.15) is 31.9 Å². The Morgan fingerprint density at radius 1 is 1.33 bits per heavy atom. The number of hydrogen-bond donors (Lipinski definition) is 2. The van der Waals surface area contributed by atoms with Gasteiger partial charge in [-0.1, -0.05) is 12.1 Å². The van der Waals surface area contributed by atoms with Crippen molar-refractivity contribution in [2.75, 3.05) is 0 Å². The molecule has 2 rings (SSSR count). The maximum atomic E-state index is 12.2. The Morgan fingerprint density at radius 3 is 2.57 bits per heavy atom. The molecule has 0 fully saturated rings. The van der Waals surface area contributed by atoms with Gasteiger partial charge in [-0.15, -0.1) is 0 Å². The third-order valence-corrected chi connectivity index (χ3v) is 3.28. The molecular weight excluding hydrogens is 274 g/mol. The molecule has 0 saturated heterocycles. The van der Waals surface area contributed by atoms with Gasteiger partial charge >= 0.3 is 12.1 Å². The van der Waals surface area contributed by atoms with E-state index in [0.717, 1.165) is 10.5 Å². The number of phenols is 1. The number of rotatable bonds is 1. The van der Waals surface area contributed by atoms with Crippen molar-refractivity contribution in [3.05, 3.63) is 29.3 Å². The summed E-state index contributed by atoms with van der Waals surface area (Å²) in [7, 11) is 0. The van der Waals surface area contributed by atoms with E-state index in [2.05, 4.69) is 0 Å². The molecule has 1 aromatic carbocycles. The number of nitrogens with zero attached hydrogens (tertiary/aromatic N) is 1. The molecular formula is C15H19NO5.